The summed E-state index contributed by atoms with van der Waals surface area (Å²) < 4.78 is 1.51. The smallest absolute Gasteiger partial charge is 0.335 e. The van der Waals surface area contributed by atoms with Crippen molar-refractivity contribution in [1.29, 1.82) is 0 Å². The molecular weight excluding hydrogens is 268 g/mol. The Balaban J connectivity index is 2.20. The molecule has 104 valence electrons. The van der Waals surface area contributed by atoms with E-state index in [1.165, 1.54) is 4.68 Å². The molecule has 2 aromatic carbocycles. The fourth-order valence-electron chi connectivity index (χ4n) is 2.12. The van der Waals surface area contributed by atoms with Crippen LogP contribution in [0.2, 0.25) is 0 Å². The molecule has 0 bridgehead atoms. The van der Waals surface area contributed by atoms with Crippen LogP contribution in [0.5, 0.6) is 0 Å². The number of aromatic carboxylic acids is 1. The first-order chi connectivity index (χ1) is 10.1. The highest BCUT2D eigenvalue weighted by Gasteiger charge is 2.11. The summed E-state index contributed by atoms with van der Waals surface area (Å²) >= 11 is 0. The van der Waals surface area contributed by atoms with Gasteiger partial charge in [-0.3, -0.25) is 0 Å². The van der Waals surface area contributed by atoms with Gasteiger partial charge in [-0.25, -0.2) is 4.79 Å². The van der Waals surface area contributed by atoms with E-state index in [9.17, 15) is 9.90 Å². The zero-order valence-corrected chi connectivity index (χ0v) is 11.3. The second-order valence-corrected chi connectivity index (χ2v) is 4.58. The first-order valence-corrected chi connectivity index (χ1v) is 6.34. The predicted octanol–water partition coefficient (Wildman–Crippen LogP) is 2.34. The van der Waals surface area contributed by atoms with E-state index in [4.69, 9.17) is 0 Å². The Hall–Kier alpha value is -3.02. The Kier molecular flexibility index (Phi) is 3.19. The number of hydrogen-bond donors (Lipinski definition) is 1. The van der Waals surface area contributed by atoms with Gasteiger partial charge in [-0.1, -0.05) is 30.3 Å². The van der Waals surface area contributed by atoms with Gasteiger partial charge in [0.1, 0.15) is 0 Å². The van der Waals surface area contributed by atoms with Crippen molar-refractivity contribution >= 4 is 5.97 Å². The summed E-state index contributed by atoms with van der Waals surface area (Å²) in [5, 5.41) is 20.6. The van der Waals surface area contributed by atoms with E-state index in [1.54, 1.807) is 19.1 Å². The van der Waals surface area contributed by atoms with Gasteiger partial charge in [-0.05, 0) is 46.7 Å². The standard InChI is InChI=1S/C15H12N4O2/c1-10-16-17-18-19(10)14-8-12(7-13(9-14)15(20)21)11-5-3-2-4-6-11/h2-9H,1H3,(H,20,21). The summed E-state index contributed by atoms with van der Waals surface area (Å²) in [6.07, 6.45) is 0. The Morgan fingerprint density at radius 1 is 1.10 bits per heavy atom. The van der Waals surface area contributed by atoms with E-state index in [2.05, 4.69) is 15.5 Å². The molecule has 6 heteroatoms. The molecule has 1 N–H and O–H groups in total. The normalized spacial score (nSPS) is 10.5. The molecule has 0 radical (unpaired) electrons. The number of aromatic nitrogens is 4. The van der Waals surface area contributed by atoms with Crippen LogP contribution >= 0.6 is 0 Å². The minimum absolute atomic E-state index is 0.196. The van der Waals surface area contributed by atoms with Crippen LogP contribution < -0.4 is 0 Å². The van der Waals surface area contributed by atoms with Gasteiger partial charge in [0.05, 0.1) is 11.3 Å². The third-order valence-corrected chi connectivity index (χ3v) is 3.14. The molecule has 6 nitrogen and oxygen atoms in total. The highest BCUT2D eigenvalue weighted by molar-refractivity contribution is 5.90. The quantitative estimate of drug-likeness (QED) is 0.796. The molecule has 1 heterocycles. The molecular formula is C15H12N4O2. The monoisotopic (exact) mass is 280 g/mol. The highest BCUT2D eigenvalue weighted by Crippen LogP contribution is 2.24. The topological polar surface area (TPSA) is 80.9 Å². The van der Waals surface area contributed by atoms with Crippen LogP contribution in [-0.4, -0.2) is 31.3 Å². The van der Waals surface area contributed by atoms with Gasteiger partial charge < -0.3 is 5.11 Å². The lowest BCUT2D eigenvalue weighted by Gasteiger charge is -2.08. The number of benzene rings is 2. The summed E-state index contributed by atoms with van der Waals surface area (Å²) in [4.78, 5) is 11.3. The summed E-state index contributed by atoms with van der Waals surface area (Å²) in [5.74, 6) is -0.392. The van der Waals surface area contributed by atoms with Crippen molar-refractivity contribution in [2.24, 2.45) is 0 Å². The highest BCUT2D eigenvalue weighted by atomic mass is 16.4. The average Bonchev–Trinajstić information content (AvgIpc) is 2.94. The van der Waals surface area contributed by atoms with Crippen molar-refractivity contribution in [1.82, 2.24) is 20.2 Å². The lowest BCUT2D eigenvalue weighted by atomic mass is 10.0. The van der Waals surface area contributed by atoms with Gasteiger partial charge in [0.2, 0.25) is 0 Å². The predicted molar refractivity (Wildman–Crippen MR) is 76.3 cm³/mol. The first-order valence-electron chi connectivity index (χ1n) is 6.34. The molecule has 0 aliphatic heterocycles. The van der Waals surface area contributed by atoms with Gasteiger partial charge in [-0.15, -0.1) is 5.10 Å². The minimum Gasteiger partial charge on any atom is -0.478 e. The number of hydrogen-bond acceptors (Lipinski definition) is 4. The van der Waals surface area contributed by atoms with Gasteiger partial charge >= 0.3 is 5.97 Å². The molecule has 21 heavy (non-hydrogen) atoms. The zero-order valence-electron chi connectivity index (χ0n) is 11.3. The van der Waals surface area contributed by atoms with Gasteiger partial charge in [0.25, 0.3) is 0 Å². The van der Waals surface area contributed by atoms with E-state index in [0.717, 1.165) is 11.1 Å². The van der Waals surface area contributed by atoms with Crippen LogP contribution in [0.25, 0.3) is 16.8 Å². The van der Waals surface area contributed by atoms with E-state index < -0.39 is 5.97 Å². The summed E-state index contributed by atoms with van der Waals surface area (Å²) in [6, 6.07) is 14.6. The van der Waals surface area contributed by atoms with Crippen molar-refractivity contribution in [2.45, 2.75) is 6.92 Å². The Labute approximate surface area is 120 Å². The third-order valence-electron chi connectivity index (χ3n) is 3.14. The van der Waals surface area contributed by atoms with Crippen LogP contribution in [0.15, 0.2) is 48.5 Å². The van der Waals surface area contributed by atoms with E-state index in [1.807, 2.05) is 36.4 Å². The molecule has 3 aromatic rings. The van der Waals surface area contributed by atoms with Gasteiger partial charge in [0, 0.05) is 0 Å². The van der Waals surface area contributed by atoms with Crippen LogP contribution in [0, 0.1) is 6.92 Å². The zero-order chi connectivity index (χ0) is 14.8. The summed E-state index contributed by atoms with van der Waals surface area (Å²) in [7, 11) is 0. The summed E-state index contributed by atoms with van der Waals surface area (Å²) in [6.45, 7) is 1.76. The number of rotatable bonds is 3. The molecule has 0 amide bonds. The van der Waals surface area contributed by atoms with Crippen LogP contribution in [0.4, 0.5) is 0 Å². The molecule has 3 rings (SSSR count). The van der Waals surface area contributed by atoms with Gasteiger partial charge in [0.15, 0.2) is 5.82 Å². The average molecular weight is 280 g/mol. The minimum atomic E-state index is -0.986. The lowest BCUT2D eigenvalue weighted by Crippen LogP contribution is -2.04. The molecule has 0 unspecified atom stereocenters. The number of nitrogens with zero attached hydrogens (tertiary/aromatic N) is 4. The van der Waals surface area contributed by atoms with Crippen LogP contribution in [-0.2, 0) is 0 Å². The van der Waals surface area contributed by atoms with Crippen LogP contribution in [0.3, 0.4) is 0 Å². The van der Waals surface area contributed by atoms with Crippen molar-refractivity contribution in [3.8, 4) is 16.8 Å². The Morgan fingerprint density at radius 3 is 2.48 bits per heavy atom. The molecule has 0 atom stereocenters. The van der Waals surface area contributed by atoms with Crippen molar-refractivity contribution < 1.29 is 9.90 Å². The van der Waals surface area contributed by atoms with E-state index in [-0.39, 0.29) is 5.56 Å². The number of carboxylic acid groups (broad SMARTS) is 1. The van der Waals surface area contributed by atoms with Crippen molar-refractivity contribution in [2.75, 3.05) is 0 Å². The number of carbonyl (C=O) groups is 1. The maximum Gasteiger partial charge on any atom is 0.335 e. The van der Waals surface area contributed by atoms with Crippen LogP contribution in [0.1, 0.15) is 16.2 Å². The number of aryl methyl sites for hydroxylation is 1. The second kappa shape index (κ2) is 5.16. The molecule has 1 aromatic heterocycles. The fraction of sp³-hybridized carbons (Fsp3) is 0.0667. The molecule has 0 saturated heterocycles. The SMILES string of the molecule is Cc1nnnn1-c1cc(C(=O)O)cc(-c2ccccc2)c1. The molecule has 0 spiro atoms. The van der Waals surface area contributed by atoms with Gasteiger partial charge in [-0.2, -0.15) is 4.68 Å². The Bertz CT molecular complexity index is 796. The second-order valence-electron chi connectivity index (χ2n) is 4.58. The maximum atomic E-state index is 11.3. The van der Waals surface area contributed by atoms with Crippen molar-refractivity contribution in [3.05, 3.63) is 59.9 Å². The summed E-state index contributed by atoms with van der Waals surface area (Å²) in [5.41, 5.74) is 2.56. The molecule has 0 fully saturated rings. The lowest BCUT2D eigenvalue weighted by molar-refractivity contribution is 0.0697. The van der Waals surface area contributed by atoms with E-state index >= 15 is 0 Å². The molecule has 0 aliphatic carbocycles. The number of tetrazole rings is 1. The van der Waals surface area contributed by atoms with E-state index in [0.29, 0.717) is 11.5 Å². The largest absolute Gasteiger partial charge is 0.478 e. The molecule has 0 saturated carbocycles. The molecule has 0 aliphatic rings. The third kappa shape index (κ3) is 2.51. The Morgan fingerprint density at radius 2 is 1.86 bits per heavy atom. The van der Waals surface area contributed by atoms with Crippen molar-refractivity contribution in [3.63, 3.8) is 0 Å². The fourth-order valence-corrected chi connectivity index (χ4v) is 2.12. The first kappa shape index (κ1) is 13.0. The maximum absolute atomic E-state index is 11.3. The number of carboxylic acids is 1.